The molecule has 0 aliphatic heterocycles. The fourth-order valence-corrected chi connectivity index (χ4v) is 1.98. The van der Waals surface area contributed by atoms with E-state index in [4.69, 9.17) is 9.47 Å². The van der Waals surface area contributed by atoms with Gasteiger partial charge < -0.3 is 20.1 Å². The van der Waals surface area contributed by atoms with Crippen molar-refractivity contribution in [3.8, 4) is 0 Å². The lowest BCUT2D eigenvalue weighted by Crippen LogP contribution is -2.57. The van der Waals surface area contributed by atoms with Gasteiger partial charge in [0.2, 0.25) is 0 Å². The van der Waals surface area contributed by atoms with E-state index in [9.17, 15) is 14.4 Å². The fourth-order valence-electron chi connectivity index (χ4n) is 1.98. The minimum absolute atomic E-state index is 0.303. The maximum atomic E-state index is 12.0. The minimum Gasteiger partial charge on any atom is -0.444 e. The molecule has 0 saturated carbocycles. The molecule has 0 saturated heterocycles. The van der Waals surface area contributed by atoms with Gasteiger partial charge in [0, 0.05) is 0 Å². The normalized spacial score (nSPS) is 21.6. The molecule has 0 unspecified atom stereocenters. The van der Waals surface area contributed by atoms with E-state index in [1.807, 2.05) is 0 Å². The summed E-state index contributed by atoms with van der Waals surface area (Å²) in [5.41, 5.74) is -1.32. The molecule has 0 heterocycles. The van der Waals surface area contributed by atoms with Crippen LogP contribution in [0, 0.1) is 0 Å². The van der Waals surface area contributed by atoms with Crippen molar-refractivity contribution >= 4 is 18.0 Å². The van der Waals surface area contributed by atoms with Crippen LogP contribution in [0.3, 0.4) is 0 Å². The summed E-state index contributed by atoms with van der Waals surface area (Å²) in [5.74, 6) is -0.303. The van der Waals surface area contributed by atoms with Crippen LogP contribution in [-0.2, 0) is 14.3 Å². The Morgan fingerprint density at radius 1 is 1.00 bits per heavy atom. The molecule has 0 radical (unpaired) electrons. The van der Waals surface area contributed by atoms with Crippen molar-refractivity contribution in [2.24, 2.45) is 0 Å². The van der Waals surface area contributed by atoms with E-state index >= 15 is 0 Å². The molecule has 1 rings (SSSR count). The Bertz CT molecular complexity index is 500. The molecule has 0 spiro atoms. The Morgan fingerprint density at radius 3 is 1.96 bits per heavy atom. The van der Waals surface area contributed by atoms with Crippen molar-refractivity contribution in [3.63, 3.8) is 0 Å². The lowest BCUT2D eigenvalue weighted by molar-refractivity contribution is -0.117. The second-order valence-electron chi connectivity index (χ2n) is 7.42. The van der Waals surface area contributed by atoms with E-state index in [0.29, 0.717) is 6.42 Å². The maximum Gasteiger partial charge on any atom is 0.408 e. The first-order valence-corrected chi connectivity index (χ1v) is 7.57. The smallest absolute Gasteiger partial charge is 0.408 e. The van der Waals surface area contributed by atoms with Crippen LogP contribution in [0.1, 0.15) is 48.0 Å². The van der Waals surface area contributed by atoms with Gasteiger partial charge in [-0.2, -0.15) is 0 Å². The number of hydrogen-bond acceptors (Lipinski definition) is 5. The lowest BCUT2D eigenvalue weighted by atomic mass is 9.95. The summed E-state index contributed by atoms with van der Waals surface area (Å²) < 4.78 is 10.3. The molecule has 130 valence electrons. The summed E-state index contributed by atoms with van der Waals surface area (Å²) >= 11 is 0. The van der Waals surface area contributed by atoms with Crippen LogP contribution in [0.4, 0.5) is 9.59 Å². The maximum absolute atomic E-state index is 12.0. The van der Waals surface area contributed by atoms with Crippen molar-refractivity contribution < 1.29 is 23.9 Å². The summed E-state index contributed by atoms with van der Waals surface area (Å²) in [7, 11) is 0. The average Bonchev–Trinajstić information content (AvgIpc) is 2.28. The van der Waals surface area contributed by atoms with Crippen molar-refractivity contribution in [1.82, 2.24) is 10.6 Å². The molecular formula is C16H26N2O5. The molecule has 23 heavy (non-hydrogen) atoms. The monoisotopic (exact) mass is 326 g/mol. The summed E-state index contributed by atoms with van der Waals surface area (Å²) in [6, 6.07) is -1.47. The topological polar surface area (TPSA) is 93.7 Å². The van der Waals surface area contributed by atoms with Gasteiger partial charge in [0.15, 0.2) is 5.78 Å². The number of ether oxygens (including phenoxy) is 2. The fraction of sp³-hybridized carbons (Fsp3) is 0.688. The van der Waals surface area contributed by atoms with Crippen molar-refractivity contribution in [1.29, 1.82) is 0 Å². The predicted molar refractivity (Wildman–Crippen MR) is 85.1 cm³/mol. The van der Waals surface area contributed by atoms with Crippen LogP contribution >= 0.6 is 0 Å². The number of hydrogen-bond donors (Lipinski definition) is 2. The zero-order valence-electron chi connectivity index (χ0n) is 14.6. The van der Waals surface area contributed by atoms with Gasteiger partial charge in [-0.15, -0.1) is 0 Å². The molecule has 2 atom stereocenters. The van der Waals surface area contributed by atoms with E-state index in [1.54, 1.807) is 47.6 Å². The van der Waals surface area contributed by atoms with Gasteiger partial charge in [0.1, 0.15) is 17.2 Å². The van der Waals surface area contributed by atoms with Gasteiger partial charge in [-0.1, -0.05) is 6.08 Å². The number of nitrogens with one attached hydrogen (secondary N) is 2. The number of ketones is 1. The van der Waals surface area contributed by atoms with E-state index in [2.05, 4.69) is 10.6 Å². The third-order valence-corrected chi connectivity index (χ3v) is 2.76. The van der Waals surface area contributed by atoms with E-state index < -0.39 is 35.5 Å². The van der Waals surface area contributed by atoms with Gasteiger partial charge in [-0.05, 0) is 54.0 Å². The molecule has 1 aliphatic rings. The van der Waals surface area contributed by atoms with Crippen LogP contribution in [0.25, 0.3) is 0 Å². The quantitative estimate of drug-likeness (QED) is 0.812. The Kier molecular flexibility index (Phi) is 5.80. The number of carbonyl (C=O) groups is 3. The first kappa shape index (κ1) is 19.0. The molecule has 1 aliphatic carbocycles. The van der Waals surface area contributed by atoms with Crippen molar-refractivity contribution in [2.75, 3.05) is 0 Å². The van der Waals surface area contributed by atoms with Crippen LogP contribution in [0.2, 0.25) is 0 Å². The molecule has 2 N–H and O–H groups in total. The van der Waals surface area contributed by atoms with Crippen molar-refractivity contribution in [2.45, 2.75) is 71.2 Å². The average molecular weight is 326 g/mol. The molecule has 0 aromatic heterocycles. The number of rotatable bonds is 2. The standard InChI is InChI=1S/C16H26N2O5/c1-15(2,3)22-13(20)17-10-8-7-9-11(19)12(10)18-14(21)23-16(4,5)6/h7,9-10,12H,8H2,1-6H3,(H,17,20)(H,18,21)/t10-,12+/m0/s1. The molecule has 0 bridgehead atoms. The molecule has 0 aromatic rings. The SMILES string of the molecule is CC(C)(C)OC(=O)N[C@H]1CC=CC(=O)[C@@H]1NC(=O)OC(C)(C)C. The summed E-state index contributed by atoms with van der Waals surface area (Å²) in [4.78, 5) is 35.8. The second-order valence-corrected chi connectivity index (χ2v) is 7.42. The third kappa shape index (κ3) is 7.17. The van der Waals surface area contributed by atoms with Crippen LogP contribution in [0.15, 0.2) is 12.2 Å². The predicted octanol–water partition coefficient (Wildman–Crippen LogP) is 2.30. The first-order chi connectivity index (χ1) is 10.4. The highest BCUT2D eigenvalue weighted by molar-refractivity contribution is 5.98. The zero-order valence-corrected chi connectivity index (χ0v) is 14.6. The number of alkyl carbamates (subject to hydrolysis) is 2. The van der Waals surface area contributed by atoms with E-state index in [1.165, 1.54) is 6.08 Å². The first-order valence-electron chi connectivity index (χ1n) is 7.57. The number of carbonyl (C=O) groups excluding carboxylic acids is 3. The van der Waals surface area contributed by atoms with Gasteiger partial charge >= 0.3 is 12.2 Å². The Balaban J connectivity index is 2.73. The highest BCUT2D eigenvalue weighted by atomic mass is 16.6. The molecule has 0 aromatic carbocycles. The Labute approximate surface area is 136 Å². The van der Waals surface area contributed by atoms with Crippen LogP contribution in [-0.4, -0.2) is 41.3 Å². The molecular weight excluding hydrogens is 300 g/mol. The molecule has 2 amide bonds. The van der Waals surface area contributed by atoms with Gasteiger partial charge in [0.05, 0.1) is 6.04 Å². The number of amides is 2. The highest BCUT2D eigenvalue weighted by Crippen LogP contribution is 2.14. The second kappa shape index (κ2) is 7.02. The van der Waals surface area contributed by atoms with Gasteiger partial charge in [-0.25, -0.2) is 9.59 Å². The van der Waals surface area contributed by atoms with E-state index in [-0.39, 0.29) is 5.78 Å². The molecule has 7 nitrogen and oxygen atoms in total. The molecule has 7 heteroatoms. The Morgan fingerprint density at radius 2 is 1.48 bits per heavy atom. The van der Waals surface area contributed by atoms with Gasteiger partial charge in [-0.3, -0.25) is 4.79 Å². The molecule has 0 fully saturated rings. The zero-order chi connectivity index (χ0) is 17.8. The summed E-state index contributed by atoms with van der Waals surface area (Å²) in [5, 5.41) is 5.13. The highest BCUT2D eigenvalue weighted by Gasteiger charge is 2.34. The summed E-state index contributed by atoms with van der Waals surface area (Å²) in [6.45, 7) is 10.4. The van der Waals surface area contributed by atoms with Crippen molar-refractivity contribution in [3.05, 3.63) is 12.2 Å². The van der Waals surface area contributed by atoms with Crippen LogP contribution in [0.5, 0.6) is 0 Å². The van der Waals surface area contributed by atoms with Crippen LogP contribution < -0.4 is 10.6 Å². The third-order valence-electron chi connectivity index (χ3n) is 2.76. The van der Waals surface area contributed by atoms with E-state index in [0.717, 1.165) is 0 Å². The summed E-state index contributed by atoms with van der Waals surface area (Å²) in [6.07, 6.45) is 2.10. The minimum atomic E-state index is -0.887. The largest absolute Gasteiger partial charge is 0.444 e. The lowest BCUT2D eigenvalue weighted by Gasteiger charge is -2.30. The Hall–Kier alpha value is -2.05. The van der Waals surface area contributed by atoms with Gasteiger partial charge in [0.25, 0.3) is 0 Å².